The van der Waals surface area contributed by atoms with Crippen LogP contribution in [0.2, 0.25) is 0 Å². The SMILES string of the molecule is COc1ccc(/C(F)=C(\F)c2ccc(C)cc2)cc1. The Labute approximate surface area is 111 Å². The van der Waals surface area contributed by atoms with Crippen molar-refractivity contribution in [3.8, 4) is 5.75 Å². The predicted molar refractivity (Wildman–Crippen MR) is 73.2 cm³/mol. The molecule has 2 aromatic carbocycles. The molecule has 1 nitrogen and oxygen atoms in total. The van der Waals surface area contributed by atoms with Crippen LogP contribution in [0.4, 0.5) is 8.78 Å². The van der Waals surface area contributed by atoms with Crippen LogP contribution >= 0.6 is 0 Å². The topological polar surface area (TPSA) is 9.23 Å². The number of hydrogen-bond donors (Lipinski definition) is 0. The first-order chi connectivity index (χ1) is 9.11. The summed E-state index contributed by atoms with van der Waals surface area (Å²) in [5.41, 5.74) is 1.43. The van der Waals surface area contributed by atoms with Gasteiger partial charge in [0.05, 0.1) is 7.11 Å². The fourth-order valence-electron chi connectivity index (χ4n) is 1.69. The molecule has 0 aliphatic heterocycles. The molecule has 3 heteroatoms. The first-order valence-electron chi connectivity index (χ1n) is 5.88. The molecule has 2 aromatic rings. The number of ether oxygens (including phenoxy) is 1. The molecule has 0 aliphatic rings. The van der Waals surface area contributed by atoms with Crippen molar-refractivity contribution in [3.05, 3.63) is 65.2 Å². The van der Waals surface area contributed by atoms with Crippen molar-refractivity contribution in [1.29, 1.82) is 0 Å². The molecule has 0 unspecified atom stereocenters. The Morgan fingerprint density at radius 1 is 0.789 bits per heavy atom. The van der Waals surface area contributed by atoms with Gasteiger partial charge < -0.3 is 4.74 Å². The van der Waals surface area contributed by atoms with Gasteiger partial charge in [0.15, 0.2) is 11.7 Å². The lowest BCUT2D eigenvalue weighted by atomic mass is 10.1. The van der Waals surface area contributed by atoms with Gasteiger partial charge in [-0.2, -0.15) is 0 Å². The molecule has 2 rings (SSSR count). The molecule has 0 atom stereocenters. The quantitative estimate of drug-likeness (QED) is 0.722. The van der Waals surface area contributed by atoms with Crippen LogP contribution in [0.15, 0.2) is 48.5 Å². The zero-order valence-corrected chi connectivity index (χ0v) is 10.8. The molecule has 0 aliphatic carbocycles. The van der Waals surface area contributed by atoms with Crippen LogP contribution in [0.3, 0.4) is 0 Å². The van der Waals surface area contributed by atoms with Crippen LogP contribution < -0.4 is 4.74 Å². The van der Waals surface area contributed by atoms with Gasteiger partial charge in [-0.25, -0.2) is 8.78 Å². The average Bonchev–Trinajstić information content (AvgIpc) is 2.46. The Morgan fingerprint density at radius 3 is 1.63 bits per heavy atom. The summed E-state index contributed by atoms with van der Waals surface area (Å²) in [5.74, 6) is -1.12. The molecule has 0 aromatic heterocycles. The molecule has 0 saturated heterocycles. The summed E-state index contributed by atoms with van der Waals surface area (Å²) in [7, 11) is 1.52. The summed E-state index contributed by atoms with van der Waals surface area (Å²) in [6.07, 6.45) is 0. The third-order valence-electron chi connectivity index (χ3n) is 2.84. The van der Waals surface area contributed by atoms with E-state index in [-0.39, 0.29) is 11.1 Å². The van der Waals surface area contributed by atoms with E-state index in [1.165, 1.54) is 19.2 Å². The van der Waals surface area contributed by atoms with Crippen LogP contribution in [-0.4, -0.2) is 7.11 Å². The summed E-state index contributed by atoms with van der Waals surface area (Å²) in [4.78, 5) is 0. The van der Waals surface area contributed by atoms with E-state index in [1.807, 2.05) is 6.92 Å². The Hall–Kier alpha value is -2.16. The first-order valence-corrected chi connectivity index (χ1v) is 5.88. The smallest absolute Gasteiger partial charge is 0.166 e. The lowest BCUT2D eigenvalue weighted by Crippen LogP contribution is -1.86. The molecule has 0 fully saturated rings. The van der Waals surface area contributed by atoms with Crippen LogP contribution in [-0.2, 0) is 0 Å². The van der Waals surface area contributed by atoms with Crippen molar-refractivity contribution in [2.75, 3.05) is 7.11 Å². The standard InChI is InChI=1S/C16H14F2O/c1-11-3-5-12(6-4-11)15(17)16(18)13-7-9-14(19-2)10-8-13/h3-10H,1-2H3/b16-15+. The minimum Gasteiger partial charge on any atom is -0.497 e. The molecular formula is C16H14F2O. The van der Waals surface area contributed by atoms with Gasteiger partial charge in [-0.3, -0.25) is 0 Å². The molecular weight excluding hydrogens is 246 g/mol. The van der Waals surface area contributed by atoms with Gasteiger partial charge in [0, 0.05) is 11.1 Å². The summed E-state index contributed by atoms with van der Waals surface area (Å²) in [6.45, 7) is 1.89. The van der Waals surface area contributed by atoms with Crippen molar-refractivity contribution >= 4 is 11.7 Å². The van der Waals surface area contributed by atoms with E-state index in [0.717, 1.165) is 5.56 Å². The van der Waals surface area contributed by atoms with E-state index in [2.05, 4.69) is 0 Å². The third-order valence-corrected chi connectivity index (χ3v) is 2.84. The monoisotopic (exact) mass is 260 g/mol. The molecule has 0 N–H and O–H groups in total. The number of aryl methyl sites for hydroxylation is 1. The van der Waals surface area contributed by atoms with E-state index in [0.29, 0.717) is 5.75 Å². The average molecular weight is 260 g/mol. The summed E-state index contributed by atoms with van der Waals surface area (Å²) < 4.78 is 33.0. The molecule has 0 heterocycles. The van der Waals surface area contributed by atoms with Crippen LogP contribution in [0, 0.1) is 6.92 Å². The summed E-state index contributed by atoms with van der Waals surface area (Å²) in [5, 5.41) is 0. The fraction of sp³-hybridized carbons (Fsp3) is 0.125. The van der Waals surface area contributed by atoms with Gasteiger partial charge in [-0.05, 0) is 31.2 Å². The minimum atomic E-state index is -0.869. The van der Waals surface area contributed by atoms with Crippen molar-refractivity contribution in [3.63, 3.8) is 0 Å². The first kappa shape index (κ1) is 13.3. The molecule has 0 spiro atoms. The molecule has 0 bridgehead atoms. The predicted octanol–water partition coefficient (Wildman–Crippen LogP) is 4.77. The zero-order chi connectivity index (χ0) is 13.8. The van der Waals surface area contributed by atoms with Crippen molar-refractivity contribution in [1.82, 2.24) is 0 Å². The highest BCUT2D eigenvalue weighted by Gasteiger charge is 2.11. The molecule has 98 valence electrons. The molecule has 0 saturated carbocycles. The Bertz CT molecular complexity index is 583. The van der Waals surface area contributed by atoms with Crippen molar-refractivity contribution in [2.45, 2.75) is 6.92 Å². The van der Waals surface area contributed by atoms with E-state index >= 15 is 0 Å². The van der Waals surface area contributed by atoms with Gasteiger partial charge in [0.1, 0.15) is 5.75 Å². The number of benzene rings is 2. The number of halogens is 2. The number of rotatable bonds is 3. The van der Waals surface area contributed by atoms with Gasteiger partial charge in [0.25, 0.3) is 0 Å². The van der Waals surface area contributed by atoms with Crippen LogP contribution in [0.25, 0.3) is 11.7 Å². The van der Waals surface area contributed by atoms with Crippen molar-refractivity contribution in [2.24, 2.45) is 0 Å². The summed E-state index contributed by atoms with van der Waals surface area (Å²) >= 11 is 0. The summed E-state index contributed by atoms with van der Waals surface area (Å²) in [6, 6.07) is 12.8. The molecule has 19 heavy (non-hydrogen) atoms. The zero-order valence-electron chi connectivity index (χ0n) is 10.8. The maximum atomic E-state index is 14.0. The highest BCUT2D eigenvalue weighted by Crippen LogP contribution is 2.29. The van der Waals surface area contributed by atoms with Gasteiger partial charge >= 0.3 is 0 Å². The lowest BCUT2D eigenvalue weighted by molar-refractivity contribution is 0.414. The number of methoxy groups -OCH3 is 1. The Morgan fingerprint density at radius 2 is 1.21 bits per heavy atom. The minimum absolute atomic E-state index is 0.193. The van der Waals surface area contributed by atoms with Crippen LogP contribution in [0.5, 0.6) is 5.75 Å². The fourth-order valence-corrected chi connectivity index (χ4v) is 1.69. The van der Waals surface area contributed by atoms with Crippen molar-refractivity contribution < 1.29 is 13.5 Å². The second-order valence-electron chi connectivity index (χ2n) is 4.22. The van der Waals surface area contributed by atoms with E-state index in [9.17, 15) is 8.78 Å². The van der Waals surface area contributed by atoms with Gasteiger partial charge in [-0.1, -0.05) is 29.8 Å². The van der Waals surface area contributed by atoms with Gasteiger partial charge in [0.2, 0.25) is 0 Å². The third kappa shape index (κ3) is 2.99. The molecule has 0 amide bonds. The van der Waals surface area contributed by atoms with E-state index in [4.69, 9.17) is 4.74 Å². The van der Waals surface area contributed by atoms with E-state index < -0.39 is 11.7 Å². The second-order valence-corrected chi connectivity index (χ2v) is 4.22. The highest BCUT2D eigenvalue weighted by molar-refractivity contribution is 5.83. The van der Waals surface area contributed by atoms with Crippen LogP contribution in [0.1, 0.15) is 16.7 Å². The van der Waals surface area contributed by atoms with Gasteiger partial charge in [-0.15, -0.1) is 0 Å². The Kier molecular flexibility index (Phi) is 3.95. The maximum Gasteiger partial charge on any atom is 0.166 e. The number of hydrogen-bond acceptors (Lipinski definition) is 1. The molecule has 0 radical (unpaired) electrons. The Balaban J connectivity index is 2.36. The largest absolute Gasteiger partial charge is 0.497 e. The highest BCUT2D eigenvalue weighted by atomic mass is 19.2. The maximum absolute atomic E-state index is 14.0. The lowest BCUT2D eigenvalue weighted by Gasteiger charge is -2.04. The second kappa shape index (κ2) is 5.65. The van der Waals surface area contributed by atoms with E-state index in [1.54, 1.807) is 36.4 Å². The normalized spacial score (nSPS) is 12.0.